The number of nitrogens with one attached hydrogen (secondary N) is 1. The van der Waals surface area contributed by atoms with Gasteiger partial charge in [-0.3, -0.25) is 0 Å². The molecule has 0 radical (unpaired) electrons. The fourth-order valence-corrected chi connectivity index (χ4v) is 4.35. The Labute approximate surface area is 189 Å². The number of nitrogens with zero attached hydrogens (tertiary/aromatic N) is 2. The van der Waals surface area contributed by atoms with Crippen molar-refractivity contribution in [3.63, 3.8) is 0 Å². The first-order chi connectivity index (χ1) is 14.8. The van der Waals surface area contributed by atoms with Gasteiger partial charge in [0.15, 0.2) is 0 Å². The van der Waals surface area contributed by atoms with Crippen LogP contribution < -0.4 is 4.72 Å². The van der Waals surface area contributed by atoms with E-state index in [0.717, 1.165) is 34.2 Å². The highest BCUT2D eigenvalue weighted by molar-refractivity contribution is 7.90. The topological polar surface area (TPSA) is 81.1 Å². The normalized spacial score (nSPS) is 13.7. The quantitative estimate of drug-likeness (QED) is 0.539. The van der Waals surface area contributed by atoms with Crippen molar-refractivity contribution >= 4 is 44.8 Å². The van der Waals surface area contributed by atoms with Crippen LogP contribution in [-0.2, 0) is 10.0 Å². The van der Waals surface area contributed by atoms with Crippen molar-refractivity contribution in [2.24, 2.45) is 0 Å². The predicted octanol–water partition coefficient (Wildman–Crippen LogP) is 5.54. The van der Waals surface area contributed by atoms with Gasteiger partial charge in [-0.1, -0.05) is 53.6 Å². The molecule has 0 saturated heterocycles. The van der Waals surface area contributed by atoms with Gasteiger partial charge in [0.05, 0.1) is 4.90 Å². The third-order valence-electron chi connectivity index (χ3n) is 4.69. The molecule has 0 fully saturated rings. The van der Waals surface area contributed by atoms with E-state index in [9.17, 15) is 13.2 Å². The van der Waals surface area contributed by atoms with Crippen molar-refractivity contribution in [2.75, 3.05) is 0 Å². The summed E-state index contributed by atoms with van der Waals surface area (Å²) >= 11 is 11.8. The number of benzene rings is 2. The molecule has 2 aromatic carbocycles. The molecule has 1 amide bonds. The Balaban J connectivity index is 1.70. The lowest BCUT2D eigenvalue weighted by molar-refractivity contribution is 0.244. The molecule has 31 heavy (non-hydrogen) atoms. The first kappa shape index (κ1) is 21.4. The Morgan fingerprint density at radius 2 is 1.61 bits per heavy atom. The maximum absolute atomic E-state index is 12.8. The minimum atomic E-state index is -4.09. The van der Waals surface area contributed by atoms with E-state index < -0.39 is 16.1 Å². The number of rotatable bonds is 4. The van der Waals surface area contributed by atoms with Gasteiger partial charge >= 0.3 is 6.03 Å². The van der Waals surface area contributed by atoms with Crippen LogP contribution in [0.25, 0.3) is 16.8 Å². The number of halogens is 2. The average Bonchev–Trinajstić information content (AvgIpc) is 3.21. The van der Waals surface area contributed by atoms with Crippen LogP contribution in [-0.4, -0.2) is 24.2 Å². The summed E-state index contributed by atoms with van der Waals surface area (Å²) in [5, 5.41) is 5.35. The van der Waals surface area contributed by atoms with Gasteiger partial charge in [0.25, 0.3) is 10.0 Å². The summed E-state index contributed by atoms with van der Waals surface area (Å²) in [5.74, 6) is 0. The standard InChI is InChI=1S/C22H17Cl2N3O3S/c23-17-8-6-16(7-9-17)21-20(15-4-2-1-3-5-15)14-27(25-21)22(28)26-31(29,30)19-12-10-18(24)11-13-19/h2,4-14H,1,3H2,(H,26,28). The summed E-state index contributed by atoms with van der Waals surface area (Å²) in [6, 6.07) is 11.7. The van der Waals surface area contributed by atoms with Crippen molar-refractivity contribution in [3.05, 3.63) is 88.6 Å². The molecular formula is C22H17Cl2N3O3S. The van der Waals surface area contributed by atoms with Gasteiger partial charge in [-0.15, -0.1) is 0 Å². The number of hydrogen-bond donors (Lipinski definition) is 1. The van der Waals surface area contributed by atoms with Crippen molar-refractivity contribution in [1.29, 1.82) is 0 Å². The maximum atomic E-state index is 12.8. The van der Waals surface area contributed by atoms with Gasteiger partial charge in [-0.25, -0.2) is 17.9 Å². The minimum absolute atomic E-state index is 0.0755. The van der Waals surface area contributed by atoms with Crippen LogP contribution >= 0.6 is 23.2 Å². The lowest BCUT2D eigenvalue weighted by Gasteiger charge is -2.07. The molecule has 1 aliphatic carbocycles. The monoisotopic (exact) mass is 473 g/mol. The molecule has 0 saturated carbocycles. The van der Waals surface area contributed by atoms with Gasteiger partial charge < -0.3 is 0 Å². The van der Waals surface area contributed by atoms with Crippen molar-refractivity contribution < 1.29 is 13.2 Å². The summed E-state index contributed by atoms with van der Waals surface area (Å²) < 4.78 is 28.2. The summed E-state index contributed by atoms with van der Waals surface area (Å²) in [7, 11) is -4.09. The zero-order valence-electron chi connectivity index (χ0n) is 16.1. The summed E-state index contributed by atoms with van der Waals surface area (Å²) in [6.07, 6.45) is 9.40. The molecule has 9 heteroatoms. The van der Waals surface area contributed by atoms with E-state index in [-0.39, 0.29) is 4.90 Å². The lowest BCUT2D eigenvalue weighted by atomic mass is 9.97. The lowest BCUT2D eigenvalue weighted by Crippen LogP contribution is -2.34. The largest absolute Gasteiger partial charge is 0.355 e. The number of carbonyl (C=O) groups excluding carboxylic acids is 1. The second kappa shape index (κ2) is 8.70. The molecule has 0 bridgehead atoms. The van der Waals surface area contributed by atoms with E-state index in [1.54, 1.807) is 24.3 Å². The first-order valence-electron chi connectivity index (χ1n) is 9.39. The van der Waals surface area contributed by atoms with E-state index in [4.69, 9.17) is 23.2 Å². The predicted molar refractivity (Wildman–Crippen MR) is 122 cm³/mol. The zero-order valence-corrected chi connectivity index (χ0v) is 18.5. The molecule has 1 heterocycles. The second-order valence-electron chi connectivity index (χ2n) is 6.85. The highest BCUT2D eigenvalue weighted by Crippen LogP contribution is 2.31. The second-order valence-corrected chi connectivity index (χ2v) is 9.40. The average molecular weight is 474 g/mol. The van der Waals surface area contributed by atoms with Gasteiger partial charge in [0.2, 0.25) is 0 Å². The third-order valence-corrected chi connectivity index (χ3v) is 6.53. The molecular weight excluding hydrogens is 457 g/mol. The number of allylic oxidation sites excluding steroid dienone is 4. The SMILES string of the molecule is O=C(NS(=O)(=O)c1ccc(Cl)cc1)n1cc(C2=CCCC=C2)c(-c2ccc(Cl)cc2)n1. The number of carbonyl (C=O) groups is 1. The smallest absolute Gasteiger partial charge is 0.245 e. The van der Waals surface area contributed by atoms with E-state index in [1.165, 1.54) is 30.5 Å². The molecule has 0 unspecified atom stereocenters. The van der Waals surface area contributed by atoms with Crippen LogP contribution in [0.1, 0.15) is 18.4 Å². The number of hydrogen-bond acceptors (Lipinski definition) is 4. The van der Waals surface area contributed by atoms with E-state index in [1.807, 2.05) is 16.9 Å². The Morgan fingerprint density at radius 1 is 0.968 bits per heavy atom. The van der Waals surface area contributed by atoms with Crippen LogP contribution in [0.5, 0.6) is 0 Å². The van der Waals surface area contributed by atoms with Crippen LogP contribution in [0, 0.1) is 0 Å². The molecule has 1 N–H and O–H groups in total. The van der Waals surface area contributed by atoms with Crippen molar-refractivity contribution in [3.8, 4) is 11.3 Å². The fraction of sp³-hybridized carbons (Fsp3) is 0.0909. The van der Waals surface area contributed by atoms with E-state index in [2.05, 4.69) is 11.2 Å². The molecule has 1 aliphatic rings. The van der Waals surface area contributed by atoms with Crippen LogP contribution in [0.15, 0.2) is 77.9 Å². The van der Waals surface area contributed by atoms with Gasteiger partial charge in [-0.05, 0) is 54.8 Å². The highest BCUT2D eigenvalue weighted by Gasteiger charge is 2.22. The molecule has 6 nitrogen and oxygen atoms in total. The Bertz CT molecular complexity index is 1290. The van der Waals surface area contributed by atoms with Crippen molar-refractivity contribution in [2.45, 2.75) is 17.7 Å². The molecule has 0 aliphatic heterocycles. The molecule has 0 atom stereocenters. The zero-order chi connectivity index (χ0) is 22.0. The van der Waals surface area contributed by atoms with Gasteiger partial charge in [-0.2, -0.15) is 9.78 Å². The summed E-state index contributed by atoms with van der Waals surface area (Å²) in [6.45, 7) is 0. The van der Waals surface area contributed by atoms with Crippen LogP contribution in [0.4, 0.5) is 4.79 Å². The maximum Gasteiger partial charge on any atom is 0.355 e. The highest BCUT2D eigenvalue weighted by atomic mass is 35.5. The molecule has 1 aromatic heterocycles. The summed E-state index contributed by atoms with van der Waals surface area (Å²) in [4.78, 5) is 12.7. The van der Waals surface area contributed by atoms with Gasteiger partial charge in [0.1, 0.15) is 5.69 Å². The van der Waals surface area contributed by atoms with Gasteiger partial charge in [0, 0.05) is 27.4 Å². The van der Waals surface area contributed by atoms with Crippen molar-refractivity contribution in [1.82, 2.24) is 14.5 Å². The van der Waals surface area contributed by atoms with E-state index >= 15 is 0 Å². The minimum Gasteiger partial charge on any atom is -0.245 e. The van der Waals surface area contributed by atoms with Crippen LogP contribution in [0.2, 0.25) is 10.0 Å². The fourth-order valence-electron chi connectivity index (χ4n) is 3.16. The number of aromatic nitrogens is 2. The molecule has 158 valence electrons. The molecule has 0 spiro atoms. The Hall–Kier alpha value is -2.87. The number of amides is 1. The number of sulfonamides is 1. The van der Waals surface area contributed by atoms with E-state index in [0.29, 0.717) is 15.7 Å². The third kappa shape index (κ3) is 4.74. The Morgan fingerprint density at radius 3 is 2.23 bits per heavy atom. The Kier molecular flexibility index (Phi) is 6.00. The molecule has 4 rings (SSSR count). The first-order valence-corrected chi connectivity index (χ1v) is 11.6. The summed E-state index contributed by atoms with van der Waals surface area (Å²) in [5.41, 5.74) is 2.94. The van der Waals surface area contributed by atoms with Crippen LogP contribution in [0.3, 0.4) is 0 Å². The molecule has 3 aromatic rings.